The van der Waals surface area contributed by atoms with E-state index in [1.165, 1.54) is 17.8 Å². The molecule has 1 fully saturated rings. The van der Waals surface area contributed by atoms with E-state index in [-0.39, 0.29) is 5.91 Å². The summed E-state index contributed by atoms with van der Waals surface area (Å²) in [5.41, 5.74) is 6.17. The lowest BCUT2D eigenvalue weighted by Crippen LogP contribution is -2.44. The zero-order chi connectivity index (χ0) is 14.4. The number of likely N-dealkylation sites (tertiary alicyclic amines) is 1. The molecule has 1 atom stereocenters. The third kappa shape index (κ3) is 3.79. The summed E-state index contributed by atoms with van der Waals surface area (Å²) >= 11 is 1.38. The number of piperidine rings is 1. The molecule has 5 nitrogen and oxygen atoms in total. The summed E-state index contributed by atoms with van der Waals surface area (Å²) < 4.78 is 0. The Labute approximate surface area is 123 Å². The molecule has 0 radical (unpaired) electrons. The standard InChI is InChI=1S/C14H20N4OS/c15-6-4-12-3-1-2-7-18(12)10-13(19)17-14-11(9-16)5-8-20-14/h5,8,12H,1-4,6-7,10,15H2,(H,17,19). The number of rotatable bonds is 5. The van der Waals surface area contributed by atoms with Gasteiger partial charge in [-0.05, 0) is 43.8 Å². The Bertz CT molecular complexity index is 492. The molecule has 0 bridgehead atoms. The number of anilines is 1. The number of amides is 1. The smallest absolute Gasteiger partial charge is 0.239 e. The van der Waals surface area contributed by atoms with E-state index in [2.05, 4.69) is 16.3 Å². The fourth-order valence-corrected chi connectivity index (χ4v) is 3.39. The lowest BCUT2D eigenvalue weighted by atomic mass is 9.99. The van der Waals surface area contributed by atoms with E-state index in [9.17, 15) is 4.79 Å². The largest absolute Gasteiger partial charge is 0.330 e. The molecular formula is C14H20N4OS. The summed E-state index contributed by atoms with van der Waals surface area (Å²) in [6, 6.07) is 4.21. The van der Waals surface area contributed by atoms with Gasteiger partial charge < -0.3 is 11.1 Å². The van der Waals surface area contributed by atoms with Crippen LogP contribution in [-0.2, 0) is 4.79 Å². The Morgan fingerprint density at radius 1 is 1.60 bits per heavy atom. The van der Waals surface area contributed by atoms with Gasteiger partial charge >= 0.3 is 0 Å². The average Bonchev–Trinajstić information content (AvgIpc) is 2.88. The highest BCUT2D eigenvalue weighted by Crippen LogP contribution is 2.23. The lowest BCUT2D eigenvalue weighted by Gasteiger charge is -2.35. The number of carbonyl (C=O) groups is 1. The molecule has 108 valence electrons. The molecule has 1 unspecified atom stereocenters. The third-order valence-electron chi connectivity index (χ3n) is 3.63. The first-order valence-electron chi connectivity index (χ1n) is 6.96. The molecule has 0 spiro atoms. The molecule has 3 N–H and O–H groups in total. The van der Waals surface area contributed by atoms with Crippen LogP contribution >= 0.6 is 11.3 Å². The number of nitrogens with zero attached hydrogens (tertiary/aromatic N) is 2. The number of thiophene rings is 1. The van der Waals surface area contributed by atoms with Crippen LogP contribution in [0.1, 0.15) is 31.2 Å². The maximum atomic E-state index is 12.1. The zero-order valence-corrected chi connectivity index (χ0v) is 12.3. The van der Waals surface area contributed by atoms with E-state index in [0.717, 1.165) is 25.8 Å². The quantitative estimate of drug-likeness (QED) is 0.866. The molecule has 1 saturated heterocycles. The number of hydrogen-bond acceptors (Lipinski definition) is 5. The van der Waals surface area contributed by atoms with Gasteiger partial charge in [0.25, 0.3) is 0 Å². The summed E-state index contributed by atoms with van der Waals surface area (Å²) in [6.45, 7) is 1.99. The normalized spacial score (nSPS) is 19.5. The van der Waals surface area contributed by atoms with Gasteiger partial charge in [-0.15, -0.1) is 11.3 Å². The van der Waals surface area contributed by atoms with Gasteiger partial charge in [-0.25, -0.2) is 0 Å². The summed E-state index contributed by atoms with van der Waals surface area (Å²) in [5, 5.41) is 14.2. The van der Waals surface area contributed by atoms with Gasteiger partial charge in [0.1, 0.15) is 11.1 Å². The number of hydrogen-bond donors (Lipinski definition) is 2. The van der Waals surface area contributed by atoms with E-state index >= 15 is 0 Å². The molecular weight excluding hydrogens is 272 g/mol. The Morgan fingerprint density at radius 3 is 3.20 bits per heavy atom. The summed E-state index contributed by atoms with van der Waals surface area (Å²) in [4.78, 5) is 14.3. The van der Waals surface area contributed by atoms with E-state index < -0.39 is 0 Å². The van der Waals surface area contributed by atoms with E-state index in [0.29, 0.717) is 29.7 Å². The summed E-state index contributed by atoms with van der Waals surface area (Å²) in [7, 11) is 0. The monoisotopic (exact) mass is 292 g/mol. The van der Waals surface area contributed by atoms with Gasteiger partial charge in [-0.3, -0.25) is 9.69 Å². The molecule has 6 heteroatoms. The first-order valence-corrected chi connectivity index (χ1v) is 7.84. The fraction of sp³-hybridized carbons (Fsp3) is 0.571. The van der Waals surface area contributed by atoms with Gasteiger partial charge in [0.15, 0.2) is 0 Å². The second kappa shape index (κ2) is 7.39. The molecule has 0 aliphatic carbocycles. The minimum atomic E-state index is -0.0483. The van der Waals surface area contributed by atoms with Gasteiger partial charge in [0.05, 0.1) is 12.1 Å². The van der Waals surface area contributed by atoms with Crippen LogP contribution in [0.3, 0.4) is 0 Å². The van der Waals surface area contributed by atoms with Crippen LogP contribution in [-0.4, -0.2) is 36.5 Å². The molecule has 1 aromatic heterocycles. The Morgan fingerprint density at radius 2 is 2.45 bits per heavy atom. The van der Waals surface area contributed by atoms with Gasteiger partial charge in [-0.2, -0.15) is 5.26 Å². The molecule has 2 rings (SSSR count). The SMILES string of the molecule is N#Cc1ccsc1NC(=O)CN1CCCCC1CCN. The van der Waals surface area contributed by atoms with Crippen LogP contribution < -0.4 is 11.1 Å². The van der Waals surface area contributed by atoms with Crippen LogP contribution in [0.2, 0.25) is 0 Å². The topological polar surface area (TPSA) is 82.2 Å². The second-order valence-electron chi connectivity index (χ2n) is 5.02. The second-order valence-corrected chi connectivity index (χ2v) is 5.94. The molecule has 1 amide bonds. The maximum absolute atomic E-state index is 12.1. The number of carbonyl (C=O) groups excluding carboxylic acids is 1. The molecule has 0 aromatic carbocycles. The molecule has 1 aromatic rings. The highest BCUT2D eigenvalue weighted by molar-refractivity contribution is 7.14. The van der Waals surface area contributed by atoms with E-state index in [1.807, 2.05) is 5.38 Å². The maximum Gasteiger partial charge on any atom is 0.239 e. The van der Waals surface area contributed by atoms with Gasteiger partial charge in [0, 0.05) is 6.04 Å². The highest BCUT2D eigenvalue weighted by Gasteiger charge is 2.23. The van der Waals surface area contributed by atoms with Crippen molar-refractivity contribution in [2.75, 3.05) is 25.0 Å². The van der Waals surface area contributed by atoms with Crippen LogP contribution in [0.4, 0.5) is 5.00 Å². The van der Waals surface area contributed by atoms with E-state index in [4.69, 9.17) is 11.0 Å². The summed E-state index contributed by atoms with van der Waals surface area (Å²) in [6.07, 6.45) is 4.41. The summed E-state index contributed by atoms with van der Waals surface area (Å²) in [5.74, 6) is -0.0483. The molecule has 1 aliphatic rings. The van der Waals surface area contributed by atoms with Crippen LogP contribution in [0.5, 0.6) is 0 Å². The van der Waals surface area contributed by atoms with Crippen LogP contribution in [0, 0.1) is 11.3 Å². The minimum absolute atomic E-state index is 0.0483. The third-order valence-corrected chi connectivity index (χ3v) is 4.46. The minimum Gasteiger partial charge on any atom is -0.330 e. The number of nitrogens with one attached hydrogen (secondary N) is 1. The Hall–Kier alpha value is -1.42. The average molecular weight is 292 g/mol. The lowest BCUT2D eigenvalue weighted by molar-refractivity contribution is -0.118. The van der Waals surface area contributed by atoms with Crippen molar-refractivity contribution in [3.8, 4) is 6.07 Å². The molecule has 0 saturated carbocycles. The number of nitrogens with two attached hydrogens (primary N) is 1. The van der Waals surface area contributed by atoms with Crippen LogP contribution in [0.15, 0.2) is 11.4 Å². The number of nitriles is 1. The predicted molar refractivity (Wildman–Crippen MR) is 80.5 cm³/mol. The van der Waals surface area contributed by atoms with Crippen molar-refractivity contribution in [1.82, 2.24) is 4.90 Å². The van der Waals surface area contributed by atoms with Gasteiger partial charge in [0.2, 0.25) is 5.91 Å². The van der Waals surface area contributed by atoms with Crippen molar-refractivity contribution in [1.29, 1.82) is 5.26 Å². The Balaban J connectivity index is 1.91. The van der Waals surface area contributed by atoms with Crippen molar-refractivity contribution in [3.63, 3.8) is 0 Å². The van der Waals surface area contributed by atoms with E-state index in [1.54, 1.807) is 6.07 Å². The first-order chi connectivity index (χ1) is 9.74. The molecule has 1 aliphatic heterocycles. The first kappa shape index (κ1) is 15.0. The fourth-order valence-electron chi connectivity index (χ4n) is 2.63. The van der Waals surface area contributed by atoms with Crippen molar-refractivity contribution < 1.29 is 4.79 Å². The predicted octanol–water partition coefficient (Wildman–Crippen LogP) is 1.76. The highest BCUT2D eigenvalue weighted by atomic mass is 32.1. The van der Waals surface area contributed by atoms with Crippen molar-refractivity contribution >= 4 is 22.2 Å². The van der Waals surface area contributed by atoms with Crippen LogP contribution in [0.25, 0.3) is 0 Å². The van der Waals surface area contributed by atoms with Gasteiger partial charge in [-0.1, -0.05) is 6.42 Å². The van der Waals surface area contributed by atoms with Crippen molar-refractivity contribution in [2.24, 2.45) is 5.73 Å². The molecule has 2 heterocycles. The van der Waals surface area contributed by atoms with Crippen molar-refractivity contribution in [3.05, 3.63) is 17.0 Å². The zero-order valence-electron chi connectivity index (χ0n) is 11.5. The Kier molecular flexibility index (Phi) is 5.53. The van der Waals surface area contributed by atoms with Crippen molar-refractivity contribution in [2.45, 2.75) is 31.7 Å². The molecule has 20 heavy (non-hydrogen) atoms.